The summed E-state index contributed by atoms with van der Waals surface area (Å²) in [6.07, 6.45) is 1.27. The van der Waals surface area contributed by atoms with Crippen LogP contribution in [0.5, 0.6) is 5.75 Å². The van der Waals surface area contributed by atoms with E-state index in [0.29, 0.717) is 5.75 Å². The summed E-state index contributed by atoms with van der Waals surface area (Å²) in [5, 5.41) is 2.12. The van der Waals surface area contributed by atoms with E-state index < -0.39 is 0 Å². The first kappa shape index (κ1) is 9.38. The third-order valence-electron chi connectivity index (χ3n) is 2.02. The average molecular weight is 198 g/mol. The lowest BCUT2D eigenvalue weighted by atomic mass is 10.1. The molecule has 2 rings (SSSR count). The van der Waals surface area contributed by atoms with E-state index in [1.54, 1.807) is 0 Å². The summed E-state index contributed by atoms with van der Waals surface area (Å²) in [5.74, 6) is 0.680. The zero-order valence-corrected chi connectivity index (χ0v) is 8.14. The van der Waals surface area contributed by atoms with E-state index in [0.717, 1.165) is 10.8 Å². The Morgan fingerprint density at radius 2 is 1.87 bits per heavy atom. The first-order chi connectivity index (χ1) is 7.42. The van der Waals surface area contributed by atoms with Gasteiger partial charge in [0.1, 0.15) is 0 Å². The number of fused-ring (bicyclic) bond motifs is 1. The molecule has 15 heavy (non-hydrogen) atoms. The molecule has 2 aromatic carbocycles. The summed E-state index contributed by atoms with van der Waals surface area (Å²) < 4.78 is 0. The van der Waals surface area contributed by atoms with E-state index in [1.807, 2.05) is 42.5 Å². The van der Waals surface area contributed by atoms with Gasteiger partial charge < -0.3 is 0 Å². The van der Waals surface area contributed by atoms with Gasteiger partial charge in [-0.2, -0.15) is 0 Å². The minimum absolute atomic E-state index is 0.680. The fourth-order valence-electron chi connectivity index (χ4n) is 1.38. The second-order valence-electron chi connectivity index (χ2n) is 2.98. The van der Waals surface area contributed by atoms with Crippen molar-refractivity contribution in [3.8, 4) is 5.75 Å². The van der Waals surface area contributed by atoms with Gasteiger partial charge >= 0.3 is 0 Å². The predicted octanol–water partition coefficient (Wildman–Crippen LogP) is 3.45. The van der Waals surface area contributed by atoms with Gasteiger partial charge in [0.05, 0.1) is 0 Å². The predicted molar refractivity (Wildman–Crippen MR) is 59.4 cm³/mol. The number of benzene rings is 2. The Kier molecular flexibility index (Phi) is 2.72. The molecule has 0 saturated carbocycles. The van der Waals surface area contributed by atoms with Crippen molar-refractivity contribution in [3.63, 3.8) is 0 Å². The van der Waals surface area contributed by atoms with E-state index in [2.05, 4.69) is 12.3 Å². The first-order valence-electron chi connectivity index (χ1n) is 4.57. The zero-order chi connectivity index (χ0) is 10.5. The maximum Gasteiger partial charge on any atom is 0.186 e. The van der Waals surface area contributed by atoms with Crippen LogP contribution in [0.3, 0.4) is 0 Å². The van der Waals surface area contributed by atoms with Crippen LogP contribution in [0.1, 0.15) is 0 Å². The maximum atomic E-state index is 5.10. The highest BCUT2D eigenvalue weighted by molar-refractivity contribution is 5.88. The molecule has 2 nitrogen and oxygen atoms in total. The van der Waals surface area contributed by atoms with Crippen LogP contribution in [0.25, 0.3) is 10.8 Å². The van der Waals surface area contributed by atoms with Gasteiger partial charge in [-0.3, -0.25) is 9.78 Å². The Hall–Kier alpha value is -2.18. The maximum absolute atomic E-state index is 5.10. The molecule has 0 aliphatic carbocycles. The summed E-state index contributed by atoms with van der Waals surface area (Å²) in [6, 6.07) is 13.7. The minimum Gasteiger partial charge on any atom is -0.289 e. The lowest BCUT2D eigenvalue weighted by Gasteiger charge is -2.04. The molecule has 0 saturated heterocycles. The summed E-state index contributed by atoms with van der Waals surface area (Å²) in [4.78, 5) is 9.88. The number of hydrogen-bond acceptors (Lipinski definition) is 2. The smallest absolute Gasteiger partial charge is 0.186 e. The number of rotatable bonds is 3. The topological polar surface area (TPSA) is 18.5 Å². The molecule has 0 aromatic heterocycles. The Morgan fingerprint density at radius 3 is 2.73 bits per heavy atom. The molecule has 0 amide bonds. The highest BCUT2D eigenvalue weighted by Gasteiger charge is 2.00. The van der Waals surface area contributed by atoms with E-state index in [-0.39, 0.29) is 0 Å². The van der Waals surface area contributed by atoms with Crippen LogP contribution >= 0.6 is 0 Å². The quantitative estimate of drug-likeness (QED) is 0.325. The van der Waals surface area contributed by atoms with Crippen LogP contribution in [-0.4, -0.2) is 0 Å². The van der Waals surface area contributed by atoms with Gasteiger partial charge in [0.15, 0.2) is 12.0 Å². The summed E-state index contributed by atoms with van der Waals surface area (Å²) >= 11 is 0. The molecule has 0 fully saturated rings. The van der Waals surface area contributed by atoms with Gasteiger partial charge in [0.2, 0.25) is 0 Å². The van der Waals surface area contributed by atoms with Gasteiger partial charge in [0.25, 0.3) is 0 Å². The van der Waals surface area contributed by atoms with E-state index >= 15 is 0 Å². The van der Waals surface area contributed by atoms with E-state index in [4.69, 9.17) is 9.78 Å². The van der Waals surface area contributed by atoms with Crippen molar-refractivity contribution in [3.05, 3.63) is 61.0 Å². The minimum atomic E-state index is 0.680. The van der Waals surface area contributed by atoms with Gasteiger partial charge in [-0.1, -0.05) is 48.7 Å². The van der Waals surface area contributed by atoms with Gasteiger partial charge in [0, 0.05) is 5.39 Å². The van der Waals surface area contributed by atoms with Crippen molar-refractivity contribution in [2.75, 3.05) is 0 Å². The van der Waals surface area contributed by atoms with Crippen LogP contribution in [0.4, 0.5) is 0 Å². The van der Waals surface area contributed by atoms with Crippen LogP contribution < -0.4 is 4.89 Å². The fourth-order valence-corrected chi connectivity index (χ4v) is 1.38. The second-order valence-corrected chi connectivity index (χ2v) is 2.98. The third-order valence-corrected chi connectivity index (χ3v) is 2.02. The van der Waals surface area contributed by atoms with Crippen LogP contribution in [-0.2, 0) is 4.89 Å². The van der Waals surface area contributed by atoms with E-state index in [1.165, 1.54) is 6.26 Å². The molecule has 0 aliphatic rings. The van der Waals surface area contributed by atoms with Gasteiger partial charge in [-0.05, 0) is 11.5 Å². The van der Waals surface area contributed by atoms with Crippen molar-refractivity contribution in [2.24, 2.45) is 0 Å². The van der Waals surface area contributed by atoms with Gasteiger partial charge in [-0.15, -0.1) is 0 Å². The molecule has 0 N–H and O–H groups in total. The van der Waals surface area contributed by atoms with Crippen molar-refractivity contribution in [1.82, 2.24) is 0 Å². The van der Waals surface area contributed by atoms with Crippen molar-refractivity contribution < 1.29 is 9.78 Å². The lowest BCUT2D eigenvalue weighted by Crippen LogP contribution is -1.90. The molecule has 0 atom stereocenters. The van der Waals surface area contributed by atoms with Crippen molar-refractivity contribution in [2.45, 2.75) is 0 Å². The standard InChI is InChI=1S/C13H10O2/c1-2-10-14-15-13-9-5-7-11-6-3-4-8-12(11)13/h3-10H,1H2. The molecule has 2 heteroatoms. The van der Waals surface area contributed by atoms with Crippen LogP contribution in [0, 0.1) is 0 Å². The number of hydrogen-bond donors (Lipinski definition) is 0. The molecular formula is C13H10O2. The average Bonchev–Trinajstić information content (AvgIpc) is 2.30. The SMILES string of the molecule is C=C=COOc1cccc2ccccc12. The van der Waals surface area contributed by atoms with Gasteiger partial charge in [-0.25, -0.2) is 0 Å². The van der Waals surface area contributed by atoms with Crippen LogP contribution in [0.15, 0.2) is 61.0 Å². The largest absolute Gasteiger partial charge is 0.289 e. The highest BCUT2D eigenvalue weighted by Crippen LogP contribution is 2.25. The second kappa shape index (κ2) is 4.36. The molecule has 0 spiro atoms. The zero-order valence-electron chi connectivity index (χ0n) is 8.14. The fraction of sp³-hybridized carbons (Fsp3) is 0. The molecule has 0 radical (unpaired) electrons. The highest BCUT2D eigenvalue weighted by atomic mass is 17.2. The summed E-state index contributed by atoms with van der Waals surface area (Å²) in [7, 11) is 0. The normalized spacial score (nSPS) is 9.33. The summed E-state index contributed by atoms with van der Waals surface area (Å²) in [6.45, 7) is 3.37. The Labute approximate surface area is 88.0 Å². The molecule has 0 unspecified atom stereocenters. The molecule has 74 valence electrons. The monoisotopic (exact) mass is 198 g/mol. The Balaban J connectivity index is 2.37. The van der Waals surface area contributed by atoms with Crippen molar-refractivity contribution >= 4 is 10.8 Å². The Morgan fingerprint density at radius 1 is 1.07 bits per heavy atom. The molecular weight excluding hydrogens is 188 g/mol. The van der Waals surface area contributed by atoms with E-state index in [9.17, 15) is 0 Å². The molecule has 0 bridgehead atoms. The first-order valence-corrected chi connectivity index (χ1v) is 4.57. The Bertz CT molecular complexity index is 505. The molecule has 2 aromatic rings. The lowest BCUT2D eigenvalue weighted by molar-refractivity contribution is -0.147. The van der Waals surface area contributed by atoms with Crippen LogP contribution in [0.2, 0.25) is 0 Å². The molecule has 0 aliphatic heterocycles. The third kappa shape index (κ3) is 2.01. The summed E-state index contributed by atoms with van der Waals surface area (Å²) in [5.41, 5.74) is 2.46. The molecule has 0 heterocycles. The van der Waals surface area contributed by atoms with Crippen molar-refractivity contribution in [1.29, 1.82) is 0 Å².